The van der Waals surface area contributed by atoms with Crippen LogP contribution in [0, 0.1) is 13.5 Å². The first-order valence-electron chi connectivity index (χ1n) is 15.9. The van der Waals surface area contributed by atoms with Gasteiger partial charge < -0.3 is 4.57 Å². The molecule has 0 radical (unpaired) electrons. The molecule has 0 amide bonds. The number of rotatable bonds is 5. The number of hydrogen-bond acceptors (Lipinski definition) is 3. The predicted molar refractivity (Wildman–Crippen MR) is 192 cm³/mol. The van der Waals surface area contributed by atoms with Crippen molar-refractivity contribution in [2.24, 2.45) is 0 Å². The SMILES string of the molecule is [C-]#[N+]c1cc(-n2c3ccccc3c3cc(-c4ccc(C(F)(F)F)cc4C)ccc32)ccc1-c1nc(-c2ccccc2)nc(-c2ccccc2)n1. The predicted octanol–water partition coefficient (Wildman–Crippen LogP) is 11.5. The summed E-state index contributed by atoms with van der Waals surface area (Å²) in [5, 5.41) is 1.93. The van der Waals surface area contributed by atoms with Gasteiger partial charge >= 0.3 is 6.18 Å². The average Bonchev–Trinajstić information content (AvgIpc) is 3.48. The average molecular weight is 658 g/mol. The van der Waals surface area contributed by atoms with Crippen LogP contribution in [0.15, 0.2) is 140 Å². The molecular formula is C42H26F3N5. The minimum absolute atomic E-state index is 0.384. The third-order valence-corrected chi connectivity index (χ3v) is 8.84. The zero-order valence-corrected chi connectivity index (χ0v) is 26.6. The normalized spacial score (nSPS) is 11.6. The highest BCUT2D eigenvalue weighted by atomic mass is 19.4. The van der Waals surface area contributed by atoms with Crippen LogP contribution in [0.25, 0.3) is 77.6 Å². The van der Waals surface area contributed by atoms with Crippen molar-refractivity contribution >= 4 is 27.5 Å². The van der Waals surface area contributed by atoms with Gasteiger partial charge in [0.15, 0.2) is 23.2 Å². The molecule has 0 unspecified atom stereocenters. The lowest BCUT2D eigenvalue weighted by atomic mass is 9.97. The Kier molecular flexibility index (Phi) is 7.46. The molecule has 8 heteroatoms. The van der Waals surface area contributed by atoms with Crippen LogP contribution >= 0.6 is 0 Å². The van der Waals surface area contributed by atoms with Crippen molar-refractivity contribution in [2.75, 3.05) is 0 Å². The third kappa shape index (κ3) is 5.45. The van der Waals surface area contributed by atoms with Gasteiger partial charge in [0.05, 0.1) is 23.2 Å². The van der Waals surface area contributed by atoms with Crippen molar-refractivity contribution < 1.29 is 13.2 Å². The highest BCUT2D eigenvalue weighted by molar-refractivity contribution is 6.10. The van der Waals surface area contributed by atoms with Gasteiger partial charge in [-0.25, -0.2) is 19.8 Å². The van der Waals surface area contributed by atoms with Crippen LogP contribution in [0.4, 0.5) is 18.9 Å². The molecule has 0 aliphatic heterocycles. The lowest BCUT2D eigenvalue weighted by molar-refractivity contribution is -0.137. The second kappa shape index (κ2) is 12.1. The molecule has 50 heavy (non-hydrogen) atoms. The Hall–Kier alpha value is -6.59. The van der Waals surface area contributed by atoms with Crippen molar-refractivity contribution in [2.45, 2.75) is 13.1 Å². The molecule has 8 aromatic rings. The minimum atomic E-state index is -4.40. The number of fused-ring (bicyclic) bond motifs is 3. The fourth-order valence-corrected chi connectivity index (χ4v) is 6.45. The van der Waals surface area contributed by atoms with E-state index in [2.05, 4.69) is 9.41 Å². The lowest BCUT2D eigenvalue weighted by Gasteiger charge is -2.13. The summed E-state index contributed by atoms with van der Waals surface area (Å²) in [6.45, 7) is 9.89. The summed E-state index contributed by atoms with van der Waals surface area (Å²) in [5.41, 5.74) is 6.70. The molecule has 240 valence electrons. The zero-order valence-electron chi connectivity index (χ0n) is 26.6. The second-order valence-electron chi connectivity index (χ2n) is 12.0. The number of aromatic nitrogens is 4. The van der Waals surface area contributed by atoms with Gasteiger partial charge in [0, 0.05) is 33.2 Å². The van der Waals surface area contributed by atoms with Crippen LogP contribution in [-0.4, -0.2) is 19.5 Å². The molecule has 2 aromatic heterocycles. The molecule has 0 aliphatic carbocycles. The molecule has 0 N–H and O–H groups in total. The van der Waals surface area contributed by atoms with E-state index >= 15 is 0 Å². The van der Waals surface area contributed by atoms with E-state index in [9.17, 15) is 13.2 Å². The second-order valence-corrected chi connectivity index (χ2v) is 12.0. The van der Waals surface area contributed by atoms with Gasteiger partial charge in [0.25, 0.3) is 0 Å². The smallest absolute Gasteiger partial charge is 0.311 e. The molecular weight excluding hydrogens is 631 g/mol. The lowest BCUT2D eigenvalue weighted by Crippen LogP contribution is -2.05. The first-order valence-corrected chi connectivity index (χ1v) is 15.9. The van der Waals surface area contributed by atoms with Gasteiger partial charge in [-0.1, -0.05) is 97.1 Å². The summed E-state index contributed by atoms with van der Waals surface area (Å²) < 4.78 is 42.2. The Labute approximate surface area is 285 Å². The summed E-state index contributed by atoms with van der Waals surface area (Å²) in [5.74, 6) is 1.42. The van der Waals surface area contributed by atoms with Gasteiger partial charge in [-0.2, -0.15) is 13.2 Å². The van der Waals surface area contributed by atoms with Crippen molar-refractivity contribution in [1.29, 1.82) is 0 Å². The summed E-state index contributed by atoms with van der Waals surface area (Å²) >= 11 is 0. The summed E-state index contributed by atoms with van der Waals surface area (Å²) in [6, 6.07) is 42.8. The highest BCUT2D eigenvalue weighted by Gasteiger charge is 2.30. The fraction of sp³-hybridized carbons (Fsp3) is 0.0476. The van der Waals surface area contributed by atoms with E-state index in [4.69, 9.17) is 21.5 Å². The first-order chi connectivity index (χ1) is 24.3. The molecule has 0 fully saturated rings. The first kappa shape index (κ1) is 30.7. The number of nitrogens with zero attached hydrogens (tertiary/aromatic N) is 5. The number of hydrogen-bond donors (Lipinski definition) is 0. The van der Waals surface area contributed by atoms with Crippen molar-refractivity contribution in [3.05, 3.63) is 162 Å². The molecule has 0 saturated carbocycles. The van der Waals surface area contributed by atoms with Crippen molar-refractivity contribution in [3.8, 4) is 51.0 Å². The third-order valence-electron chi connectivity index (χ3n) is 8.84. The number of halogens is 3. The summed E-state index contributed by atoms with van der Waals surface area (Å²) in [6.07, 6.45) is -4.40. The Morgan fingerprint density at radius 2 is 1.16 bits per heavy atom. The molecule has 2 heterocycles. The Bertz CT molecular complexity index is 2540. The topological polar surface area (TPSA) is 48.0 Å². The molecule has 0 aliphatic rings. The maximum Gasteiger partial charge on any atom is 0.416 e. The van der Waals surface area contributed by atoms with E-state index in [0.29, 0.717) is 34.3 Å². The van der Waals surface area contributed by atoms with Crippen LogP contribution in [0.3, 0.4) is 0 Å². The molecule has 0 spiro atoms. The molecule has 0 bridgehead atoms. The number of benzene rings is 6. The van der Waals surface area contributed by atoms with Gasteiger partial charge in [0.2, 0.25) is 0 Å². The van der Waals surface area contributed by atoms with E-state index in [1.54, 1.807) is 6.92 Å². The Morgan fingerprint density at radius 1 is 0.560 bits per heavy atom. The molecule has 5 nitrogen and oxygen atoms in total. The van der Waals surface area contributed by atoms with Crippen LogP contribution < -0.4 is 0 Å². The summed E-state index contributed by atoms with van der Waals surface area (Å²) in [7, 11) is 0. The Balaban J connectivity index is 1.27. The van der Waals surface area contributed by atoms with Gasteiger partial charge in [0.1, 0.15) is 0 Å². The molecule has 0 saturated heterocycles. The largest absolute Gasteiger partial charge is 0.416 e. The van der Waals surface area contributed by atoms with E-state index in [0.717, 1.165) is 55.8 Å². The van der Waals surface area contributed by atoms with Gasteiger partial charge in [-0.05, 0) is 66.1 Å². The van der Waals surface area contributed by atoms with Crippen molar-refractivity contribution in [3.63, 3.8) is 0 Å². The van der Waals surface area contributed by atoms with Crippen LogP contribution in [0.5, 0.6) is 0 Å². The minimum Gasteiger partial charge on any atom is -0.311 e. The van der Waals surface area contributed by atoms with Crippen LogP contribution in [0.2, 0.25) is 0 Å². The van der Waals surface area contributed by atoms with E-state index in [1.807, 2.05) is 121 Å². The van der Waals surface area contributed by atoms with Crippen molar-refractivity contribution in [1.82, 2.24) is 19.5 Å². The van der Waals surface area contributed by atoms with E-state index < -0.39 is 11.7 Å². The van der Waals surface area contributed by atoms with E-state index in [1.165, 1.54) is 12.1 Å². The molecule has 0 atom stereocenters. The standard InChI is InChI=1S/C42H26F3N5/c1-26-23-30(42(43,44)45)18-20-32(26)29-17-22-38-35(24-29)33-15-9-10-16-37(33)50(38)31-19-21-34(36(25-31)46-2)41-48-39(27-11-5-3-6-12-27)47-40(49-41)28-13-7-4-8-14-28/h3-25H,1H3. The Morgan fingerprint density at radius 3 is 1.80 bits per heavy atom. The number of aryl methyl sites for hydroxylation is 1. The molecule has 8 rings (SSSR count). The van der Waals surface area contributed by atoms with E-state index in [-0.39, 0.29) is 0 Å². The van der Waals surface area contributed by atoms with Crippen LogP contribution in [-0.2, 0) is 6.18 Å². The quantitative estimate of drug-likeness (QED) is 0.173. The van der Waals surface area contributed by atoms with Gasteiger partial charge in [-0.15, -0.1) is 0 Å². The maximum atomic E-state index is 13.4. The number of para-hydroxylation sites is 1. The maximum absolute atomic E-state index is 13.4. The number of alkyl halides is 3. The zero-order chi connectivity index (χ0) is 34.4. The molecule has 6 aromatic carbocycles. The van der Waals surface area contributed by atoms with Gasteiger partial charge in [-0.3, -0.25) is 0 Å². The fourth-order valence-electron chi connectivity index (χ4n) is 6.45. The monoisotopic (exact) mass is 657 g/mol. The highest BCUT2D eigenvalue weighted by Crippen LogP contribution is 2.39. The summed E-state index contributed by atoms with van der Waals surface area (Å²) in [4.78, 5) is 18.4. The van der Waals surface area contributed by atoms with Crippen LogP contribution in [0.1, 0.15) is 11.1 Å².